The molecule has 0 aromatic heterocycles. The lowest BCUT2D eigenvalue weighted by Gasteiger charge is -2.04. The Morgan fingerprint density at radius 1 is 1.38 bits per heavy atom. The lowest BCUT2D eigenvalue weighted by atomic mass is 10.1. The minimum Gasteiger partial charge on any atom is -0.165 e. The van der Waals surface area contributed by atoms with Crippen LogP contribution in [0.2, 0.25) is 0 Å². The zero-order valence-electron chi connectivity index (χ0n) is 7.74. The first-order valence-corrected chi connectivity index (χ1v) is 4.49. The predicted molar refractivity (Wildman–Crippen MR) is 46.4 cm³/mol. The highest BCUT2D eigenvalue weighted by atomic mass is 35.5. The van der Waals surface area contributed by atoms with E-state index in [4.69, 9.17) is 11.6 Å². The molecule has 0 bridgehead atoms. The van der Waals surface area contributed by atoms with Crippen LogP contribution in [0.15, 0.2) is 11.1 Å². The summed E-state index contributed by atoms with van der Waals surface area (Å²) in [5, 5.41) is -0.991. The normalized spacial score (nSPS) is 33.3. The Kier molecular flexibility index (Phi) is 2.44. The molecule has 0 radical (unpaired) electrons. The summed E-state index contributed by atoms with van der Waals surface area (Å²) in [6, 6.07) is 0. The smallest absolute Gasteiger partial charge is 0.165 e. The number of hydrogen-bond donors (Lipinski definition) is 0. The first kappa shape index (κ1) is 10.9. The van der Waals surface area contributed by atoms with Gasteiger partial charge in [-0.15, -0.1) is 0 Å². The van der Waals surface area contributed by atoms with E-state index in [1.807, 2.05) is 20.8 Å². The van der Waals surface area contributed by atoms with Crippen LogP contribution in [0, 0.1) is 17.3 Å². The van der Waals surface area contributed by atoms with Gasteiger partial charge >= 0.3 is 6.18 Å². The van der Waals surface area contributed by atoms with Crippen LogP contribution < -0.4 is 0 Å². The highest BCUT2D eigenvalue weighted by Crippen LogP contribution is 2.59. The van der Waals surface area contributed by atoms with Crippen molar-refractivity contribution < 1.29 is 13.2 Å². The molecule has 13 heavy (non-hydrogen) atoms. The van der Waals surface area contributed by atoms with E-state index in [0.717, 1.165) is 6.08 Å². The average Bonchev–Trinajstić information content (AvgIpc) is 2.36. The molecule has 0 heterocycles. The van der Waals surface area contributed by atoms with Crippen molar-refractivity contribution in [3.63, 3.8) is 0 Å². The van der Waals surface area contributed by atoms with Crippen molar-refractivity contribution in [2.24, 2.45) is 17.3 Å². The zero-order valence-corrected chi connectivity index (χ0v) is 8.50. The van der Waals surface area contributed by atoms with Crippen LogP contribution in [0.1, 0.15) is 20.8 Å². The summed E-state index contributed by atoms with van der Waals surface area (Å²) in [6.45, 7) is 5.82. The molecule has 0 nitrogen and oxygen atoms in total. The van der Waals surface area contributed by atoms with Crippen molar-refractivity contribution in [3.8, 4) is 0 Å². The Hall–Kier alpha value is -0.180. The van der Waals surface area contributed by atoms with Gasteiger partial charge in [0.05, 0.1) is 0 Å². The van der Waals surface area contributed by atoms with Gasteiger partial charge in [0, 0.05) is 0 Å². The molecule has 0 N–H and O–H groups in total. The molecule has 0 aromatic rings. The third-order valence-electron chi connectivity index (χ3n) is 3.06. The monoisotopic (exact) mass is 212 g/mol. The SMILES string of the molecule is CC1C(/C=C(\Cl)C(F)(F)F)C1(C)C. The van der Waals surface area contributed by atoms with Crippen molar-refractivity contribution in [2.75, 3.05) is 0 Å². The molecular formula is C9H12ClF3. The largest absolute Gasteiger partial charge is 0.426 e. The molecule has 2 unspecified atom stereocenters. The van der Waals surface area contributed by atoms with E-state index >= 15 is 0 Å². The Labute approximate surface area is 80.8 Å². The second-order valence-corrected chi connectivity index (χ2v) is 4.56. The van der Waals surface area contributed by atoms with Crippen LogP contribution in [0.3, 0.4) is 0 Å². The number of hydrogen-bond acceptors (Lipinski definition) is 0. The Morgan fingerprint density at radius 2 is 1.77 bits per heavy atom. The molecule has 76 valence electrons. The second-order valence-electron chi connectivity index (χ2n) is 4.15. The first-order valence-electron chi connectivity index (χ1n) is 4.12. The quantitative estimate of drug-likeness (QED) is 0.617. The summed E-state index contributed by atoms with van der Waals surface area (Å²) in [5.74, 6) is 0.241. The zero-order chi connectivity index (χ0) is 10.4. The maximum Gasteiger partial charge on any atom is 0.426 e. The van der Waals surface area contributed by atoms with E-state index in [0.29, 0.717) is 0 Å². The minimum absolute atomic E-state index is 0.0363. The summed E-state index contributed by atoms with van der Waals surface area (Å²) >= 11 is 5.12. The molecule has 1 saturated carbocycles. The van der Waals surface area contributed by atoms with E-state index in [2.05, 4.69) is 0 Å². The van der Waals surface area contributed by atoms with Crippen molar-refractivity contribution in [2.45, 2.75) is 26.9 Å². The number of halogens is 4. The first-order chi connectivity index (χ1) is 5.67. The Bertz CT molecular complexity index is 240. The van der Waals surface area contributed by atoms with Gasteiger partial charge in [-0.1, -0.05) is 38.4 Å². The summed E-state index contributed by atoms with van der Waals surface area (Å²) in [4.78, 5) is 0. The fraction of sp³-hybridized carbons (Fsp3) is 0.778. The van der Waals surface area contributed by atoms with Gasteiger partial charge in [0.15, 0.2) is 0 Å². The summed E-state index contributed by atoms with van der Waals surface area (Å²) < 4.78 is 36.0. The van der Waals surface area contributed by atoms with Crippen LogP contribution in [-0.4, -0.2) is 6.18 Å². The van der Waals surface area contributed by atoms with Gasteiger partial charge in [-0.2, -0.15) is 13.2 Å². The van der Waals surface area contributed by atoms with Gasteiger partial charge < -0.3 is 0 Å². The van der Waals surface area contributed by atoms with E-state index in [1.165, 1.54) is 0 Å². The molecule has 4 heteroatoms. The van der Waals surface area contributed by atoms with Gasteiger partial charge in [0.25, 0.3) is 0 Å². The fourth-order valence-corrected chi connectivity index (χ4v) is 1.69. The Morgan fingerprint density at radius 3 is 2.00 bits per heavy atom. The fourth-order valence-electron chi connectivity index (χ4n) is 1.55. The van der Waals surface area contributed by atoms with Crippen LogP contribution in [0.25, 0.3) is 0 Å². The number of alkyl halides is 3. The van der Waals surface area contributed by atoms with Gasteiger partial charge in [-0.3, -0.25) is 0 Å². The maximum absolute atomic E-state index is 12.0. The average molecular weight is 213 g/mol. The molecule has 1 rings (SSSR count). The predicted octanol–water partition coefficient (Wildman–Crippen LogP) is 3.96. The van der Waals surface area contributed by atoms with E-state index in [1.54, 1.807) is 0 Å². The van der Waals surface area contributed by atoms with Crippen LogP contribution in [-0.2, 0) is 0 Å². The highest BCUT2D eigenvalue weighted by molar-refractivity contribution is 6.30. The number of rotatable bonds is 1. The summed E-state index contributed by atoms with van der Waals surface area (Å²) in [5.41, 5.74) is -0.0363. The molecule has 0 spiro atoms. The van der Waals surface area contributed by atoms with Gasteiger partial charge in [-0.25, -0.2) is 0 Å². The third-order valence-corrected chi connectivity index (χ3v) is 3.40. The molecule has 0 amide bonds. The standard InChI is InChI=1S/C9H12ClF3/c1-5-6(8(5,2)3)4-7(10)9(11,12)13/h4-6H,1-3H3/b7-4-. The topological polar surface area (TPSA) is 0 Å². The third kappa shape index (κ3) is 2.01. The van der Waals surface area contributed by atoms with Crippen molar-refractivity contribution in [3.05, 3.63) is 11.1 Å². The summed E-state index contributed by atoms with van der Waals surface area (Å²) in [7, 11) is 0. The van der Waals surface area contributed by atoms with Crippen LogP contribution >= 0.6 is 11.6 Å². The lowest BCUT2D eigenvalue weighted by molar-refractivity contribution is -0.0848. The van der Waals surface area contributed by atoms with Crippen molar-refractivity contribution in [1.29, 1.82) is 0 Å². The van der Waals surface area contributed by atoms with Crippen molar-refractivity contribution in [1.82, 2.24) is 0 Å². The van der Waals surface area contributed by atoms with Gasteiger partial charge in [0.1, 0.15) is 5.03 Å². The van der Waals surface area contributed by atoms with E-state index < -0.39 is 11.2 Å². The molecular weight excluding hydrogens is 201 g/mol. The molecule has 0 saturated heterocycles. The van der Waals surface area contributed by atoms with Gasteiger partial charge in [-0.05, 0) is 17.3 Å². The van der Waals surface area contributed by atoms with Crippen LogP contribution in [0.4, 0.5) is 13.2 Å². The van der Waals surface area contributed by atoms with Gasteiger partial charge in [0.2, 0.25) is 0 Å². The molecule has 2 atom stereocenters. The molecule has 0 aliphatic heterocycles. The van der Waals surface area contributed by atoms with Crippen molar-refractivity contribution >= 4 is 11.6 Å². The molecule has 1 aliphatic rings. The summed E-state index contributed by atoms with van der Waals surface area (Å²) in [6.07, 6.45) is -3.26. The number of allylic oxidation sites excluding steroid dienone is 2. The van der Waals surface area contributed by atoms with E-state index in [-0.39, 0.29) is 17.3 Å². The highest BCUT2D eigenvalue weighted by Gasteiger charge is 2.54. The van der Waals surface area contributed by atoms with Crippen LogP contribution in [0.5, 0.6) is 0 Å². The lowest BCUT2D eigenvalue weighted by Crippen LogP contribution is -2.07. The van der Waals surface area contributed by atoms with E-state index in [9.17, 15) is 13.2 Å². The Balaban J connectivity index is 2.70. The second kappa shape index (κ2) is 2.91. The maximum atomic E-state index is 12.0. The minimum atomic E-state index is -4.39. The molecule has 1 fully saturated rings. The molecule has 1 aliphatic carbocycles. The molecule has 0 aromatic carbocycles.